The first kappa shape index (κ1) is 13.2. The Kier molecular flexibility index (Phi) is 5.00. The highest BCUT2D eigenvalue weighted by atomic mass is 35.5. The van der Waals surface area contributed by atoms with E-state index in [4.69, 9.17) is 11.6 Å². The summed E-state index contributed by atoms with van der Waals surface area (Å²) in [5, 5.41) is 3.88. The molecule has 1 heterocycles. The topological polar surface area (TPSA) is 37.8 Å². The summed E-state index contributed by atoms with van der Waals surface area (Å²) >= 11 is 5.93. The van der Waals surface area contributed by atoms with E-state index in [2.05, 4.69) is 36.1 Å². The Morgan fingerprint density at radius 2 is 2.00 bits per heavy atom. The smallest absolute Gasteiger partial charge is 0.134 e. The van der Waals surface area contributed by atoms with E-state index in [9.17, 15) is 0 Å². The van der Waals surface area contributed by atoms with E-state index < -0.39 is 0 Å². The second-order valence-electron chi connectivity index (χ2n) is 4.16. The highest BCUT2D eigenvalue weighted by Crippen LogP contribution is 2.16. The first-order valence-corrected chi connectivity index (χ1v) is 6.24. The van der Waals surface area contributed by atoms with Crippen LogP contribution >= 0.6 is 11.6 Å². The highest BCUT2D eigenvalue weighted by Gasteiger charge is 2.11. The maximum atomic E-state index is 5.93. The fourth-order valence-corrected chi connectivity index (χ4v) is 1.63. The number of aryl methyl sites for hydroxylation is 1. The van der Waals surface area contributed by atoms with Crippen molar-refractivity contribution in [2.75, 3.05) is 5.32 Å². The van der Waals surface area contributed by atoms with Crippen molar-refractivity contribution < 1.29 is 0 Å². The summed E-state index contributed by atoms with van der Waals surface area (Å²) in [7, 11) is 0. The van der Waals surface area contributed by atoms with E-state index >= 15 is 0 Å². The van der Waals surface area contributed by atoms with Crippen LogP contribution in [0.4, 0.5) is 5.82 Å². The van der Waals surface area contributed by atoms with Crippen LogP contribution in [0.3, 0.4) is 0 Å². The van der Waals surface area contributed by atoms with Gasteiger partial charge in [-0.25, -0.2) is 9.97 Å². The van der Waals surface area contributed by atoms with Crippen molar-refractivity contribution >= 4 is 17.4 Å². The summed E-state index contributed by atoms with van der Waals surface area (Å²) < 4.78 is 0. The van der Waals surface area contributed by atoms with Crippen LogP contribution in [0.15, 0.2) is 6.07 Å². The van der Waals surface area contributed by atoms with Gasteiger partial charge in [-0.15, -0.1) is 0 Å². The van der Waals surface area contributed by atoms with Gasteiger partial charge in [0.2, 0.25) is 0 Å². The number of rotatable bonds is 5. The molecule has 0 aliphatic heterocycles. The Labute approximate surface area is 103 Å². The van der Waals surface area contributed by atoms with Crippen LogP contribution in [0.2, 0.25) is 5.15 Å². The molecule has 3 nitrogen and oxygen atoms in total. The molecule has 1 rings (SSSR count). The van der Waals surface area contributed by atoms with E-state index in [1.54, 1.807) is 6.07 Å². The number of halogens is 1. The molecule has 0 aliphatic carbocycles. The summed E-state index contributed by atoms with van der Waals surface area (Å²) in [6.07, 6.45) is 1.95. The molecule has 0 amide bonds. The fraction of sp³-hybridized carbons (Fsp3) is 0.667. The quantitative estimate of drug-likeness (QED) is 0.802. The fourth-order valence-electron chi connectivity index (χ4n) is 1.43. The van der Waals surface area contributed by atoms with Gasteiger partial charge in [0.15, 0.2) is 0 Å². The van der Waals surface area contributed by atoms with Crippen LogP contribution in [0.1, 0.15) is 39.9 Å². The minimum absolute atomic E-state index is 0.390. The van der Waals surface area contributed by atoms with Gasteiger partial charge in [0.1, 0.15) is 16.8 Å². The maximum Gasteiger partial charge on any atom is 0.134 e. The molecular weight excluding hydrogens is 222 g/mol. The summed E-state index contributed by atoms with van der Waals surface area (Å²) in [5.74, 6) is 2.22. The SMILES string of the molecule is CCc1nc(Cl)cc(NC(C)C(C)CC)n1. The van der Waals surface area contributed by atoms with Crippen LogP contribution in [-0.2, 0) is 6.42 Å². The van der Waals surface area contributed by atoms with Crippen LogP contribution in [0, 0.1) is 5.92 Å². The van der Waals surface area contributed by atoms with E-state index in [1.807, 2.05) is 6.92 Å². The molecule has 16 heavy (non-hydrogen) atoms. The lowest BCUT2D eigenvalue weighted by atomic mass is 10.0. The predicted molar refractivity (Wildman–Crippen MR) is 69.0 cm³/mol. The molecule has 1 aromatic rings. The number of anilines is 1. The molecule has 0 bridgehead atoms. The molecule has 90 valence electrons. The summed E-state index contributed by atoms with van der Waals surface area (Å²) in [6, 6.07) is 2.17. The van der Waals surface area contributed by atoms with Crippen LogP contribution in [-0.4, -0.2) is 16.0 Å². The molecule has 1 aromatic heterocycles. The van der Waals surface area contributed by atoms with Gasteiger partial charge in [0.05, 0.1) is 0 Å². The Bertz CT molecular complexity index is 341. The van der Waals surface area contributed by atoms with Gasteiger partial charge in [-0.2, -0.15) is 0 Å². The Hall–Kier alpha value is -0.830. The van der Waals surface area contributed by atoms with Gasteiger partial charge >= 0.3 is 0 Å². The summed E-state index contributed by atoms with van der Waals surface area (Å²) in [5.41, 5.74) is 0. The number of nitrogens with zero attached hydrogens (tertiary/aromatic N) is 2. The lowest BCUT2D eigenvalue weighted by Crippen LogP contribution is -2.24. The second-order valence-corrected chi connectivity index (χ2v) is 4.55. The molecule has 0 saturated carbocycles. The van der Waals surface area contributed by atoms with E-state index in [1.165, 1.54) is 0 Å². The van der Waals surface area contributed by atoms with Crippen molar-refractivity contribution in [1.82, 2.24) is 9.97 Å². The van der Waals surface area contributed by atoms with Crippen molar-refractivity contribution in [3.05, 3.63) is 17.0 Å². The minimum atomic E-state index is 0.390. The first-order valence-electron chi connectivity index (χ1n) is 5.86. The molecule has 2 unspecified atom stereocenters. The first-order chi connectivity index (χ1) is 7.56. The monoisotopic (exact) mass is 241 g/mol. The molecule has 2 atom stereocenters. The molecule has 0 radical (unpaired) electrons. The number of hydrogen-bond acceptors (Lipinski definition) is 3. The van der Waals surface area contributed by atoms with Crippen LogP contribution in [0.5, 0.6) is 0 Å². The van der Waals surface area contributed by atoms with Crippen molar-refractivity contribution in [3.63, 3.8) is 0 Å². The normalized spacial score (nSPS) is 14.6. The lowest BCUT2D eigenvalue weighted by molar-refractivity contribution is 0.493. The Balaban J connectivity index is 2.76. The lowest BCUT2D eigenvalue weighted by Gasteiger charge is -2.20. The standard InChI is InChI=1S/C12H20ClN3/c1-5-8(3)9(4)14-12-7-10(13)15-11(6-2)16-12/h7-9H,5-6H2,1-4H3,(H,14,15,16). The third-order valence-corrected chi connectivity index (χ3v) is 3.12. The molecule has 0 spiro atoms. The summed E-state index contributed by atoms with van der Waals surface area (Å²) in [4.78, 5) is 8.54. The van der Waals surface area contributed by atoms with Gasteiger partial charge in [-0.1, -0.05) is 38.8 Å². The number of aromatic nitrogens is 2. The van der Waals surface area contributed by atoms with Crippen molar-refractivity contribution in [1.29, 1.82) is 0 Å². The van der Waals surface area contributed by atoms with E-state index in [0.29, 0.717) is 17.1 Å². The van der Waals surface area contributed by atoms with E-state index in [0.717, 1.165) is 24.5 Å². The van der Waals surface area contributed by atoms with Gasteiger partial charge < -0.3 is 5.32 Å². The van der Waals surface area contributed by atoms with Crippen molar-refractivity contribution in [2.24, 2.45) is 5.92 Å². The third kappa shape index (κ3) is 3.63. The number of hydrogen-bond donors (Lipinski definition) is 1. The maximum absolute atomic E-state index is 5.93. The highest BCUT2D eigenvalue weighted by molar-refractivity contribution is 6.29. The van der Waals surface area contributed by atoms with Crippen LogP contribution in [0.25, 0.3) is 0 Å². The van der Waals surface area contributed by atoms with E-state index in [-0.39, 0.29) is 0 Å². The van der Waals surface area contributed by atoms with Crippen molar-refractivity contribution in [2.45, 2.75) is 46.6 Å². The minimum Gasteiger partial charge on any atom is -0.367 e. The van der Waals surface area contributed by atoms with Gasteiger partial charge in [-0.3, -0.25) is 0 Å². The second kappa shape index (κ2) is 6.04. The van der Waals surface area contributed by atoms with Gasteiger partial charge in [0.25, 0.3) is 0 Å². The number of nitrogens with one attached hydrogen (secondary N) is 1. The average molecular weight is 242 g/mol. The molecule has 4 heteroatoms. The average Bonchev–Trinajstić information content (AvgIpc) is 2.26. The molecule has 0 aliphatic rings. The molecule has 1 N–H and O–H groups in total. The molecular formula is C12H20ClN3. The van der Waals surface area contributed by atoms with Crippen LogP contribution < -0.4 is 5.32 Å². The van der Waals surface area contributed by atoms with Gasteiger partial charge in [0, 0.05) is 18.5 Å². The van der Waals surface area contributed by atoms with Crippen molar-refractivity contribution in [3.8, 4) is 0 Å². The van der Waals surface area contributed by atoms with Gasteiger partial charge in [-0.05, 0) is 12.8 Å². The molecule has 0 aromatic carbocycles. The molecule has 0 saturated heterocycles. The summed E-state index contributed by atoms with van der Waals surface area (Å²) in [6.45, 7) is 8.60. The Morgan fingerprint density at radius 1 is 1.31 bits per heavy atom. The zero-order chi connectivity index (χ0) is 12.1. The molecule has 0 fully saturated rings. The predicted octanol–water partition coefficient (Wildman–Crippen LogP) is 3.54. The largest absolute Gasteiger partial charge is 0.367 e. The zero-order valence-electron chi connectivity index (χ0n) is 10.4. The zero-order valence-corrected chi connectivity index (χ0v) is 11.2. The Morgan fingerprint density at radius 3 is 2.56 bits per heavy atom. The third-order valence-electron chi connectivity index (χ3n) is 2.93.